The first-order valence-electron chi connectivity index (χ1n) is 12.8. The molecular weight excluding hydrogens is 428 g/mol. The van der Waals surface area contributed by atoms with Crippen molar-refractivity contribution in [3.63, 3.8) is 0 Å². The van der Waals surface area contributed by atoms with Gasteiger partial charge in [-0.05, 0) is 62.7 Å². The highest BCUT2D eigenvalue weighted by molar-refractivity contribution is 5.81. The first-order valence-corrected chi connectivity index (χ1v) is 12.8. The third-order valence-electron chi connectivity index (χ3n) is 5.53. The fourth-order valence-electron chi connectivity index (χ4n) is 3.23. The standard InChI is InChI=1S/C21H35N3.C10H13N/c1-8-16(2)24-20-11-9-19(10-12-20)15-17(3)23-18(4)22-14-13-21(5,6)7;1-3-9(2)11-10-7-5-4-6-8-10/h9,11,24H,2-3,8,10,12-15H2,1,4-7H3,(H,22,23);4-8,11H,2-3H2,1H3. The minimum Gasteiger partial charge on any atom is -0.363 e. The van der Waals surface area contributed by atoms with E-state index in [-0.39, 0.29) is 0 Å². The molecule has 4 heteroatoms. The Bertz CT molecular complexity index is 911. The molecule has 4 nitrogen and oxygen atoms in total. The van der Waals surface area contributed by atoms with E-state index in [9.17, 15) is 0 Å². The van der Waals surface area contributed by atoms with Gasteiger partial charge in [-0.15, -0.1) is 0 Å². The predicted molar refractivity (Wildman–Crippen MR) is 156 cm³/mol. The minimum absolute atomic E-state index is 0.328. The number of para-hydroxylation sites is 1. The van der Waals surface area contributed by atoms with Crippen molar-refractivity contribution in [2.45, 2.75) is 80.1 Å². The lowest BCUT2D eigenvalue weighted by Crippen LogP contribution is -2.21. The summed E-state index contributed by atoms with van der Waals surface area (Å²) in [6.45, 7) is 25.8. The Balaban J connectivity index is 0.000000462. The number of allylic oxidation sites excluding steroid dienone is 6. The second-order valence-corrected chi connectivity index (χ2v) is 10.2. The van der Waals surface area contributed by atoms with E-state index in [2.05, 4.69) is 87.5 Å². The van der Waals surface area contributed by atoms with Crippen LogP contribution in [0.1, 0.15) is 80.1 Å². The average molecular weight is 477 g/mol. The van der Waals surface area contributed by atoms with E-state index in [1.54, 1.807) is 0 Å². The molecule has 0 atom stereocenters. The van der Waals surface area contributed by atoms with E-state index in [0.29, 0.717) is 5.41 Å². The first kappa shape index (κ1) is 30.0. The van der Waals surface area contributed by atoms with Gasteiger partial charge in [0.05, 0.1) is 5.84 Å². The number of benzene rings is 1. The van der Waals surface area contributed by atoms with Gasteiger partial charge in [-0.1, -0.05) is 84.2 Å². The highest BCUT2D eigenvalue weighted by Gasteiger charge is 2.10. The molecule has 1 aliphatic carbocycles. The Morgan fingerprint density at radius 1 is 0.886 bits per heavy atom. The number of nitrogens with one attached hydrogen (secondary N) is 3. The summed E-state index contributed by atoms with van der Waals surface area (Å²) in [5, 5.41) is 9.90. The molecule has 0 fully saturated rings. The van der Waals surface area contributed by atoms with Crippen LogP contribution < -0.4 is 16.0 Å². The third-order valence-corrected chi connectivity index (χ3v) is 5.53. The average Bonchev–Trinajstić information content (AvgIpc) is 2.80. The molecule has 0 unspecified atom stereocenters. The fourth-order valence-corrected chi connectivity index (χ4v) is 3.23. The van der Waals surface area contributed by atoms with E-state index in [1.165, 1.54) is 11.3 Å². The lowest BCUT2D eigenvalue weighted by atomic mass is 9.92. The monoisotopic (exact) mass is 476 g/mol. The minimum atomic E-state index is 0.328. The summed E-state index contributed by atoms with van der Waals surface area (Å²) in [4.78, 5) is 4.59. The number of nitrogens with zero attached hydrogens (tertiary/aromatic N) is 1. The van der Waals surface area contributed by atoms with Gasteiger partial charge in [0.1, 0.15) is 0 Å². The Kier molecular flexibility index (Phi) is 13.6. The second kappa shape index (κ2) is 15.8. The summed E-state index contributed by atoms with van der Waals surface area (Å²) in [5.74, 6) is 0.956. The predicted octanol–water partition coefficient (Wildman–Crippen LogP) is 8.47. The summed E-state index contributed by atoms with van der Waals surface area (Å²) in [5.41, 5.74) is 7.24. The van der Waals surface area contributed by atoms with Crippen LogP contribution in [0.5, 0.6) is 0 Å². The molecule has 1 aliphatic rings. The van der Waals surface area contributed by atoms with Gasteiger partial charge in [-0.2, -0.15) is 0 Å². The molecule has 35 heavy (non-hydrogen) atoms. The third kappa shape index (κ3) is 14.8. The van der Waals surface area contributed by atoms with Gasteiger partial charge in [-0.3, -0.25) is 4.99 Å². The zero-order valence-electron chi connectivity index (χ0n) is 23.1. The van der Waals surface area contributed by atoms with Gasteiger partial charge >= 0.3 is 0 Å². The Labute approximate surface area is 215 Å². The van der Waals surface area contributed by atoms with Crippen molar-refractivity contribution in [2.24, 2.45) is 10.4 Å². The molecule has 0 radical (unpaired) electrons. The lowest BCUT2D eigenvalue weighted by molar-refractivity contribution is 0.385. The molecule has 1 aromatic rings. The number of rotatable bonds is 11. The van der Waals surface area contributed by atoms with Crippen molar-refractivity contribution in [2.75, 3.05) is 11.9 Å². The Hall–Kier alpha value is -3.01. The number of aliphatic imine (C=N–C) groups is 1. The quantitative estimate of drug-likeness (QED) is 0.222. The molecule has 3 N–H and O–H groups in total. The zero-order valence-corrected chi connectivity index (χ0v) is 23.1. The Morgan fingerprint density at radius 3 is 2.06 bits per heavy atom. The molecule has 0 bridgehead atoms. The van der Waals surface area contributed by atoms with Crippen LogP contribution in [0, 0.1) is 5.41 Å². The smallest absolute Gasteiger partial charge is 0.0973 e. The maximum Gasteiger partial charge on any atom is 0.0973 e. The molecular formula is C31H48N4. The van der Waals surface area contributed by atoms with Crippen LogP contribution in [0.15, 0.2) is 95.6 Å². The Morgan fingerprint density at radius 2 is 1.51 bits per heavy atom. The van der Waals surface area contributed by atoms with Crippen molar-refractivity contribution < 1.29 is 0 Å². The number of amidine groups is 1. The zero-order chi connectivity index (χ0) is 26.3. The molecule has 0 aromatic heterocycles. The topological polar surface area (TPSA) is 48.5 Å². The summed E-state index contributed by atoms with van der Waals surface area (Å²) >= 11 is 0. The summed E-state index contributed by atoms with van der Waals surface area (Å²) in [6.07, 6.45) is 10.4. The van der Waals surface area contributed by atoms with Crippen molar-refractivity contribution in [1.29, 1.82) is 0 Å². The summed E-state index contributed by atoms with van der Waals surface area (Å²) in [7, 11) is 0. The summed E-state index contributed by atoms with van der Waals surface area (Å²) < 4.78 is 0. The van der Waals surface area contributed by atoms with E-state index < -0.39 is 0 Å². The van der Waals surface area contributed by atoms with Gasteiger partial charge in [0.2, 0.25) is 0 Å². The molecule has 192 valence electrons. The van der Waals surface area contributed by atoms with Crippen molar-refractivity contribution in [1.82, 2.24) is 10.6 Å². The van der Waals surface area contributed by atoms with Crippen LogP contribution in [0.3, 0.4) is 0 Å². The van der Waals surface area contributed by atoms with Crippen LogP contribution in [-0.4, -0.2) is 12.4 Å². The molecule has 1 aromatic carbocycles. The highest BCUT2D eigenvalue weighted by Crippen LogP contribution is 2.22. The largest absolute Gasteiger partial charge is 0.363 e. The van der Waals surface area contributed by atoms with Crippen molar-refractivity contribution >= 4 is 11.5 Å². The van der Waals surface area contributed by atoms with Crippen LogP contribution in [-0.2, 0) is 0 Å². The van der Waals surface area contributed by atoms with Gasteiger partial charge in [0.15, 0.2) is 0 Å². The van der Waals surface area contributed by atoms with Gasteiger partial charge < -0.3 is 16.0 Å². The van der Waals surface area contributed by atoms with E-state index in [1.807, 2.05) is 37.3 Å². The molecule has 0 amide bonds. The van der Waals surface area contributed by atoms with E-state index in [4.69, 9.17) is 0 Å². The van der Waals surface area contributed by atoms with Gasteiger partial charge in [0, 0.05) is 41.4 Å². The van der Waals surface area contributed by atoms with Gasteiger partial charge in [0.25, 0.3) is 0 Å². The number of anilines is 1. The van der Waals surface area contributed by atoms with Crippen LogP contribution >= 0.6 is 0 Å². The first-order chi connectivity index (χ1) is 16.5. The fraction of sp³-hybridized carbons (Fsp3) is 0.452. The van der Waals surface area contributed by atoms with Crippen molar-refractivity contribution in [3.05, 3.63) is 90.6 Å². The van der Waals surface area contributed by atoms with Crippen LogP contribution in [0.4, 0.5) is 5.69 Å². The van der Waals surface area contributed by atoms with Crippen LogP contribution in [0.25, 0.3) is 0 Å². The molecule has 0 spiro atoms. The molecule has 0 aliphatic heterocycles. The SMILES string of the molecule is C=C(CC)NC1=CC=C(CC(=C)NC(C)=NCCC(C)(C)C)CC1.C=C(CC)Nc1ccccc1. The maximum atomic E-state index is 4.59. The molecule has 2 rings (SSSR count). The molecule has 0 heterocycles. The molecule has 0 saturated heterocycles. The molecule has 0 saturated carbocycles. The summed E-state index contributed by atoms with van der Waals surface area (Å²) in [6, 6.07) is 10.1. The normalized spacial score (nSPS) is 13.5. The van der Waals surface area contributed by atoms with Crippen molar-refractivity contribution in [3.8, 4) is 0 Å². The van der Waals surface area contributed by atoms with Gasteiger partial charge in [-0.25, -0.2) is 0 Å². The number of hydrogen-bond donors (Lipinski definition) is 3. The highest BCUT2D eigenvalue weighted by atomic mass is 15.0. The van der Waals surface area contributed by atoms with Crippen LogP contribution in [0.2, 0.25) is 0 Å². The number of hydrogen-bond acceptors (Lipinski definition) is 3. The lowest BCUT2D eigenvalue weighted by Gasteiger charge is -2.19. The van der Waals surface area contributed by atoms with E-state index >= 15 is 0 Å². The second-order valence-electron chi connectivity index (χ2n) is 10.2. The maximum absolute atomic E-state index is 4.59. The van der Waals surface area contributed by atoms with E-state index in [0.717, 1.165) is 73.7 Å².